The van der Waals surface area contributed by atoms with Gasteiger partial charge in [0.25, 0.3) is 0 Å². The van der Waals surface area contributed by atoms with Crippen molar-refractivity contribution in [1.82, 2.24) is 29.8 Å². The van der Waals surface area contributed by atoms with E-state index in [9.17, 15) is 5.26 Å². The fourth-order valence-corrected chi connectivity index (χ4v) is 3.98. The van der Waals surface area contributed by atoms with Gasteiger partial charge in [-0.25, -0.2) is 0 Å². The van der Waals surface area contributed by atoms with Crippen LogP contribution in [0.3, 0.4) is 0 Å². The minimum atomic E-state index is 0.161. The van der Waals surface area contributed by atoms with Crippen LogP contribution in [0.1, 0.15) is 30.1 Å². The van der Waals surface area contributed by atoms with E-state index in [1.54, 1.807) is 11.0 Å². The number of benzene rings is 2. The zero-order valence-electron chi connectivity index (χ0n) is 17.0. The van der Waals surface area contributed by atoms with Gasteiger partial charge in [-0.2, -0.15) is 20.3 Å². The molecule has 1 unspecified atom stereocenters. The predicted molar refractivity (Wildman–Crippen MR) is 113 cm³/mol. The predicted octanol–water partition coefficient (Wildman–Crippen LogP) is 3.50. The van der Waals surface area contributed by atoms with Crippen molar-refractivity contribution >= 4 is 11.4 Å². The van der Waals surface area contributed by atoms with Crippen LogP contribution in [0.4, 0.5) is 11.4 Å². The Kier molecular flexibility index (Phi) is 4.10. The molecule has 0 N–H and O–H groups in total. The molecule has 1 aliphatic heterocycles. The van der Waals surface area contributed by atoms with E-state index in [-0.39, 0.29) is 5.92 Å². The lowest BCUT2D eigenvalue weighted by atomic mass is 10.1. The standard InChI is InChI=1S/C22H20N8/c1-14-13-29(18-7-4-16(11-23)5-8-18)21-10-17(19-12-24-28(3)27-19)6-9-20(21)30-15(2)25-26-22(14)30/h4-10,12,14H,13H2,1-3H3. The molecule has 0 radical (unpaired) electrons. The molecule has 0 fully saturated rings. The molecular formula is C22H20N8. The fraction of sp³-hybridized carbons (Fsp3) is 0.227. The highest BCUT2D eigenvalue weighted by atomic mass is 15.4. The van der Waals surface area contributed by atoms with Gasteiger partial charge in [0, 0.05) is 30.8 Å². The van der Waals surface area contributed by atoms with Gasteiger partial charge in [0.1, 0.15) is 17.3 Å². The molecule has 0 bridgehead atoms. The van der Waals surface area contributed by atoms with Crippen LogP contribution in [0.15, 0.2) is 48.7 Å². The van der Waals surface area contributed by atoms with Gasteiger partial charge in [0.15, 0.2) is 0 Å². The molecule has 0 saturated carbocycles. The van der Waals surface area contributed by atoms with Crippen molar-refractivity contribution in [3.8, 4) is 23.0 Å². The van der Waals surface area contributed by atoms with Crippen LogP contribution in [-0.2, 0) is 7.05 Å². The number of fused-ring (bicyclic) bond motifs is 3. The molecule has 148 valence electrons. The van der Waals surface area contributed by atoms with Gasteiger partial charge in [-0.3, -0.25) is 4.57 Å². The maximum Gasteiger partial charge on any atom is 0.142 e. The van der Waals surface area contributed by atoms with Gasteiger partial charge in [-0.1, -0.05) is 13.0 Å². The summed E-state index contributed by atoms with van der Waals surface area (Å²) in [4.78, 5) is 3.83. The number of nitriles is 1. The highest BCUT2D eigenvalue weighted by Gasteiger charge is 2.28. The van der Waals surface area contributed by atoms with Crippen molar-refractivity contribution in [1.29, 1.82) is 5.26 Å². The molecule has 2 aromatic heterocycles. The number of nitrogens with zero attached hydrogens (tertiary/aromatic N) is 8. The smallest absolute Gasteiger partial charge is 0.142 e. The number of rotatable bonds is 2. The average Bonchev–Trinajstić information content (AvgIpc) is 3.34. The van der Waals surface area contributed by atoms with Crippen molar-refractivity contribution < 1.29 is 0 Å². The summed E-state index contributed by atoms with van der Waals surface area (Å²) in [6.45, 7) is 4.87. The molecule has 0 amide bonds. The summed E-state index contributed by atoms with van der Waals surface area (Å²) in [7, 11) is 1.81. The van der Waals surface area contributed by atoms with Crippen molar-refractivity contribution in [2.75, 3.05) is 11.4 Å². The first kappa shape index (κ1) is 18.1. The Bertz CT molecular complexity index is 1280. The normalized spacial score (nSPS) is 15.3. The van der Waals surface area contributed by atoms with E-state index in [1.807, 2.05) is 38.2 Å². The number of aryl methyl sites for hydroxylation is 2. The quantitative estimate of drug-likeness (QED) is 0.515. The monoisotopic (exact) mass is 396 g/mol. The first-order chi connectivity index (χ1) is 14.5. The molecule has 1 atom stereocenters. The minimum Gasteiger partial charge on any atom is -0.339 e. The van der Waals surface area contributed by atoms with E-state index in [2.05, 4.69) is 61.1 Å². The molecule has 3 heterocycles. The van der Waals surface area contributed by atoms with Crippen LogP contribution < -0.4 is 4.90 Å². The summed E-state index contributed by atoms with van der Waals surface area (Å²) in [5.74, 6) is 1.96. The second-order valence-electron chi connectivity index (χ2n) is 7.53. The average molecular weight is 396 g/mol. The van der Waals surface area contributed by atoms with E-state index >= 15 is 0 Å². The molecule has 0 aliphatic carbocycles. The van der Waals surface area contributed by atoms with Gasteiger partial charge in [0.05, 0.1) is 29.2 Å². The highest BCUT2D eigenvalue weighted by molar-refractivity contribution is 5.78. The number of hydrogen-bond donors (Lipinski definition) is 0. The van der Waals surface area contributed by atoms with Gasteiger partial charge in [-0.05, 0) is 43.3 Å². The molecule has 30 heavy (non-hydrogen) atoms. The minimum absolute atomic E-state index is 0.161. The maximum atomic E-state index is 9.17. The summed E-state index contributed by atoms with van der Waals surface area (Å²) in [5, 5.41) is 26.6. The van der Waals surface area contributed by atoms with E-state index in [4.69, 9.17) is 0 Å². The van der Waals surface area contributed by atoms with E-state index in [1.165, 1.54) is 0 Å². The summed E-state index contributed by atoms with van der Waals surface area (Å²) < 4.78 is 2.13. The number of anilines is 2. The summed E-state index contributed by atoms with van der Waals surface area (Å²) in [6, 6.07) is 16.2. The summed E-state index contributed by atoms with van der Waals surface area (Å²) in [5.41, 5.74) is 5.53. The topological polar surface area (TPSA) is 88.4 Å². The highest BCUT2D eigenvalue weighted by Crippen LogP contribution is 2.40. The number of hydrogen-bond acceptors (Lipinski definition) is 6. The van der Waals surface area contributed by atoms with E-state index < -0.39 is 0 Å². The summed E-state index contributed by atoms with van der Waals surface area (Å²) >= 11 is 0. The van der Waals surface area contributed by atoms with Gasteiger partial charge in [-0.15, -0.1) is 10.2 Å². The zero-order valence-corrected chi connectivity index (χ0v) is 17.0. The van der Waals surface area contributed by atoms with Crippen LogP contribution in [-0.4, -0.2) is 36.3 Å². The SMILES string of the molecule is Cc1nnc2n1-c1ccc(-c3cnn(C)n3)cc1N(c1ccc(C#N)cc1)CC2C. The van der Waals surface area contributed by atoms with Crippen LogP contribution in [0.2, 0.25) is 0 Å². The van der Waals surface area contributed by atoms with Gasteiger partial charge >= 0.3 is 0 Å². The molecule has 1 aliphatic rings. The second-order valence-corrected chi connectivity index (χ2v) is 7.53. The van der Waals surface area contributed by atoms with Crippen LogP contribution in [0, 0.1) is 18.3 Å². The Balaban J connectivity index is 1.73. The zero-order chi connectivity index (χ0) is 20.8. The molecule has 8 nitrogen and oxygen atoms in total. The second kappa shape index (κ2) is 6.81. The van der Waals surface area contributed by atoms with Crippen LogP contribution in [0.5, 0.6) is 0 Å². The molecule has 4 aromatic rings. The van der Waals surface area contributed by atoms with Crippen molar-refractivity contribution in [3.63, 3.8) is 0 Å². The lowest BCUT2D eigenvalue weighted by molar-refractivity contribution is 0.655. The molecule has 5 rings (SSSR count). The molecule has 2 aromatic carbocycles. The van der Waals surface area contributed by atoms with Gasteiger partial charge in [0.2, 0.25) is 0 Å². The van der Waals surface area contributed by atoms with E-state index in [0.717, 1.165) is 46.5 Å². The lowest BCUT2D eigenvalue weighted by Gasteiger charge is -2.27. The largest absolute Gasteiger partial charge is 0.339 e. The Morgan fingerprint density at radius 1 is 1.07 bits per heavy atom. The third kappa shape index (κ3) is 2.83. The molecular weight excluding hydrogens is 376 g/mol. The van der Waals surface area contributed by atoms with Crippen molar-refractivity contribution in [3.05, 3.63) is 65.9 Å². The van der Waals surface area contributed by atoms with Crippen molar-refractivity contribution in [2.45, 2.75) is 19.8 Å². The summed E-state index contributed by atoms with van der Waals surface area (Å²) in [6.07, 6.45) is 1.77. The van der Waals surface area contributed by atoms with Gasteiger partial charge < -0.3 is 4.90 Å². The molecule has 0 saturated heterocycles. The van der Waals surface area contributed by atoms with Crippen molar-refractivity contribution in [2.24, 2.45) is 7.05 Å². The third-order valence-corrected chi connectivity index (χ3v) is 5.46. The fourth-order valence-electron chi connectivity index (χ4n) is 3.98. The molecule has 8 heteroatoms. The Morgan fingerprint density at radius 3 is 2.57 bits per heavy atom. The first-order valence-corrected chi connectivity index (χ1v) is 9.76. The Hall–Kier alpha value is -3.99. The van der Waals surface area contributed by atoms with E-state index in [0.29, 0.717) is 5.56 Å². The van der Waals surface area contributed by atoms with Crippen LogP contribution in [0.25, 0.3) is 16.9 Å². The maximum absolute atomic E-state index is 9.17. The molecule has 0 spiro atoms. The number of aromatic nitrogens is 6. The Labute approximate surface area is 174 Å². The Morgan fingerprint density at radius 2 is 1.87 bits per heavy atom. The van der Waals surface area contributed by atoms with Crippen LogP contribution >= 0.6 is 0 Å². The lowest BCUT2D eigenvalue weighted by Crippen LogP contribution is -2.22. The first-order valence-electron chi connectivity index (χ1n) is 9.76. The third-order valence-electron chi connectivity index (χ3n) is 5.46.